The Balaban J connectivity index is 1.78. The molecule has 3 atom stereocenters. The molecule has 0 amide bonds. The van der Waals surface area contributed by atoms with Crippen LogP contribution in [-0.4, -0.2) is 36.0 Å². The van der Waals surface area contributed by atoms with E-state index in [1.54, 1.807) is 31.2 Å². The lowest BCUT2D eigenvalue weighted by atomic mass is 9.69. The molecule has 2 N–H and O–H groups in total. The van der Waals surface area contributed by atoms with Gasteiger partial charge in [-0.2, -0.15) is 0 Å². The zero-order chi connectivity index (χ0) is 23.7. The highest BCUT2D eigenvalue weighted by molar-refractivity contribution is 6.12. The number of phenols is 1. The molecule has 1 aromatic carbocycles. The summed E-state index contributed by atoms with van der Waals surface area (Å²) in [6.45, 7) is 3.65. The largest absolute Gasteiger partial charge is 0.508 e. The van der Waals surface area contributed by atoms with Crippen molar-refractivity contribution in [1.29, 1.82) is 0 Å². The highest BCUT2D eigenvalue weighted by atomic mass is 16.5. The number of allylic oxidation sites excluding steroid dienone is 3. The minimum atomic E-state index is -0.940. The standard InChI is InChI=1S/C26H31NO6/c1-14-12-19-23(24(29)20(14)25(30)32-3)22(16-8-7-9-17(28)13-16)21(15(2)27-19)26(31)33-18-10-5-4-6-11-18/h7-9,13-14,18,20,22,27-28H,4-6,10-12H2,1-3H3/t14-,20-,22+/m1/s1. The maximum Gasteiger partial charge on any atom is 0.337 e. The molecule has 33 heavy (non-hydrogen) atoms. The summed E-state index contributed by atoms with van der Waals surface area (Å²) in [6.07, 6.45) is 5.18. The molecule has 0 bridgehead atoms. The predicted molar refractivity (Wildman–Crippen MR) is 121 cm³/mol. The number of benzene rings is 1. The van der Waals surface area contributed by atoms with E-state index >= 15 is 0 Å². The van der Waals surface area contributed by atoms with Gasteiger partial charge in [0.05, 0.1) is 12.7 Å². The maximum absolute atomic E-state index is 13.7. The van der Waals surface area contributed by atoms with Gasteiger partial charge in [-0.05, 0) is 62.6 Å². The summed E-state index contributed by atoms with van der Waals surface area (Å²) < 4.78 is 10.8. The van der Waals surface area contributed by atoms with E-state index in [0.717, 1.165) is 32.1 Å². The van der Waals surface area contributed by atoms with Gasteiger partial charge in [0.1, 0.15) is 17.8 Å². The quantitative estimate of drug-likeness (QED) is 0.527. The molecule has 1 heterocycles. The second kappa shape index (κ2) is 9.41. The minimum Gasteiger partial charge on any atom is -0.508 e. The van der Waals surface area contributed by atoms with Crippen molar-refractivity contribution in [3.63, 3.8) is 0 Å². The van der Waals surface area contributed by atoms with Crippen molar-refractivity contribution in [2.24, 2.45) is 11.8 Å². The summed E-state index contributed by atoms with van der Waals surface area (Å²) in [5, 5.41) is 13.4. The number of carbonyl (C=O) groups excluding carboxylic acids is 3. The van der Waals surface area contributed by atoms with Gasteiger partial charge in [-0.3, -0.25) is 9.59 Å². The molecule has 3 aliphatic rings. The number of hydrogen-bond acceptors (Lipinski definition) is 7. The number of methoxy groups -OCH3 is 1. The number of carbonyl (C=O) groups is 3. The Bertz CT molecular complexity index is 1030. The Labute approximate surface area is 193 Å². The monoisotopic (exact) mass is 453 g/mol. The van der Waals surface area contributed by atoms with Gasteiger partial charge in [0.2, 0.25) is 0 Å². The fourth-order valence-corrected chi connectivity index (χ4v) is 5.39. The number of ether oxygens (including phenoxy) is 2. The van der Waals surface area contributed by atoms with E-state index in [4.69, 9.17) is 9.47 Å². The van der Waals surface area contributed by atoms with Gasteiger partial charge in [-0.15, -0.1) is 0 Å². The summed E-state index contributed by atoms with van der Waals surface area (Å²) in [4.78, 5) is 39.6. The Morgan fingerprint density at radius 2 is 1.88 bits per heavy atom. The Morgan fingerprint density at radius 3 is 2.55 bits per heavy atom. The van der Waals surface area contributed by atoms with Crippen LogP contribution in [0.25, 0.3) is 0 Å². The first-order valence-electron chi connectivity index (χ1n) is 11.6. The van der Waals surface area contributed by atoms with Crippen LogP contribution in [0.2, 0.25) is 0 Å². The van der Waals surface area contributed by atoms with Crippen LogP contribution < -0.4 is 5.32 Å². The van der Waals surface area contributed by atoms with Crippen molar-refractivity contribution < 1.29 is 29.0 Å². The summed E-state index contributed by atoms with van der Waals surface area (Å²) in [5.74, 6) is -3.29. The van der Waals surface area contributed by atoms with E-state index in [1.165, 1.54) is 7.11 Å². The van der Waals surface area contributed by atoms with Crippen molar-refractivity contribution in [2.75, 3.05) is 7.11 Å². The second-order valence-electron chi connectivity index (χ2n) is 9.30. The third kappa shape index (κ3) is 4.41. The van der Waals surface area contributed by atoms with E-state index in [1.807, 2.05) is 6.92 Å². The fraction of sp³-hybridized carbons (Fsp3) is 0.500. The van der Waals surface area contributed by atoms with Crippen molar-refractivity contribution in [3.05, 3.63) is 52.4 Å². The number of hydrogen-bond donors (Lipinski definition) is 2. The van der Waals surface area contributed by atoms with Crippen LogP contribution in [0.3, 0.4) is 0 Å². The van der Waals surface area contributed by atoms with E-state index in [2.05, 4.69) is 5.32 Å². The summed E-state index contributed by atoms with van der Waals surface area (Å²) in [7, 11) is 1.27. The lowest BCUT2D eigenvalue weighted by Gasteiger charge is -2.38. The number of dihydropyridines is 1. The van der Waals surface area contributed by atoms with E-state index < -0.39 is 23.8 Å². The number of esters is 2. The molecule has 1 saturated carbocycles. The predicted octanol–water partition coefficient (Wildman–Crippen LogP) is 3.88. The molecule has 7 nitrogen and oxygen atoms in total. The number of aromatic hydroxyl groups is 1. The van der Waals surface area contributed by atoms with E-state index in [-0.39, 0.29) is 23.6 Å². The average molecular weight is 454 g/mol. The number of rotatable bonds is 4. The SMILES string of the molecule is COC(=O)[C@H]1C(=O)C2=C(C[C@H]1C)NC(C)=C(C(=O)OC1CCCCC1)[C@@H]2c1cccc(O)c1. The molecule has 176 valence electrons. The molecule has 2 aliphatic carbocycles. The summed E-state index contributed by atoms with van der Waals surface area (Å²) >= 11 is 0. The van der Waals surface area contributed by atoms with Gasteiger partial charge in [-0.25, -0.2) is 4.79 Å². The van der Waals surface area contributed by atoms with Crippen LogP contribution >= 0.6 is 0 Å². The lowest BCUT2D eigenvalue weighted by Crippen LogP contribution is -2.43. The van der Waals surface area contributed by atoms with Gasteiger partial charge in [-0.1, -0.05) is 25.5 Å². The normalized spacial score (nSPS) is 25.9. The smallest absolute Gasteiger partial charge is 0.337 e. The van der Waals surface area contributed by atoms with Crippen LogP contribution in [0, 0.1) is 11.8 Å². The molecule has 0 aromatic heterocycles. The van der Waals surface area contributed by atoms with Gasteiger partial charge < -0.3 is 19.9 Å². The highest BCUT2D eigenvalue weighted by Crippen LogP contribution is 2.46. The Hall–Kier alpha value is -3.09. The van der Waals surface area contributed by atoms with Gasteiger partial charge >= 0.3 is 11.9 Å². The number of nitrogens with one attached hydrogen (secondary N) is 1. The Kier molecular flexibility index (Phi) is 6.58. The first-order chi connectivity index (χ1) is 15.8. The topological polar surface area (TPSA) is 102 Å². The molecular weight excluding hydrogens is 422 g/mol. The number of Topliss-reactive ketones (excluding diaryl/α,β-unsaturated/α-hetero) is 1. The molecule has 0 spiro atoms. The zero-order valence-electron chi connectivity index (χ0n) is 19.3. The lowest BCUT2D eigenvalue weighted by molar-refractivity contribution is -0.151. The van der Waals surface area contributed by atoms with Crippen molar-refractivity contribution >= 4 is 17.7 Å². The zero-order valence-corrected chi connectivity index (χ0v) is 19.3. The molecule has 0 radical (unpaired) electrons. The molecular formula is C26H31NO6. The van der Waals surface area contributed by atoms with Gasteiger partial charge in [0.25, 0.3) is 0 Å². The van der Waals surface area contributed by atoms with E-state index in [9.17, 15) is 19.5 Å². The second-order valence-corrected chi connectivity index (χ2v) is 9.30. The van der Waals surface area contributed by atoms with Crippen LogP contribution in [0.1, 0.15) is 63.9 Å². The summed E-state index contributed by atoms with van der Waals surface area (Å²) in [5.41, 5.74) is 2.64. The molecule has 1 fully saturated rings. The van der Waals surface area contributed by atoms with Crippen LogP contribution in [0.4, 0.5) is 0 Å². The maximum atomic E-state index is 13.7. The molecule has 0 saturated heterocycles. The van der Waals surface area contributed by atoms with Gasteiger partial charge in [0.15, 0.2) is 5.78 Å². The van der Waals surface area contributed by atoms with Crippen molar-refractivity contribution in [3.8, 4) is 5.75 Å². The molecule has 1 aromatic rings. The first kappa shape index (κ1) is 23.1. The van der Waals surface area contributed by atoms with Crippen molar-refractivity contribution in [2.45, 2.75) is 64.4 Å². The number of phenolic OH excluding ortho intramolecular Hbond substituents is 1. The molecule has 4 rings (SSSR count). The molecule has 1 aliphatic heterocycles. The average Bonchev–Trinajstić information content (AvgIpc) is 2.78. The molecule has 7 heteroatoms. The van der Waals surface area contributed by atoms with Crippen LogP contribution in [0.5, 0.6) is 5.75 Å². The summed E-state index contributed by atoms with van der Waals surface area (Å²) in [6, 6.07) is 6.55. The van der Waals surface area contributed by atoms with Crippen molar-refractivity contribution in [1.82, 2.24) is 5.32 Å². The molecule has 0 unspecified atom stereocenters. The van der Waals surface area contributed by atoms with E-state index in [0.29, 0.717) is 34.5 Å². The van der Waals surface area contributed by atoms with Crippen LogP contribution in [0.15, 0.2) is 46.8 Å². The fourth-order valence-electron chi connectivity index (χ4n) is 5.39. The minimum absolute atomic E-state index is 0.0342. The highest BCUT2D eigenvalue weighted by Gasteiger charge is 2.47. The van der Waals surface area contributed by atoms with Gasteiger partial charge in [0, 0.05) is 22.9 Å². The third-order valence-corrected chi connectivity index (χ3v) is 6.99. The Morgan fingerprint density at radius 1 is 1.15 bits per heavy atom. The third-order valence-electron chi connectivity index (χ3n) is 6.99. The first-order valence-corrected chi connectivity index (χ1v) is 11.6. The van der Waals surface area contributed by atoms with Crippen LogP contribution in [-0.2, 0) is 23.9 Å². The number of ketones is 1.